The van der Waals surface area contributed by atoms with Crippen LogP contribution in [0.2, 0.25) is 0 Å². The molecule has 2 amide bonds. The van der Waals surface area contributed by atoms with Crippen LogP contribution in [0.3, 0.4) is 0 Å². The number of carbonyl (C=O) groups is 2. The number of hydrogen-bond donors (Lipinski definition) is 3. The van der Waals surface area contributed by atoms with E-state index >= 15 is 0 Å². The zero-order chi connectivity index (χ0) is 17.9. The molecule has 7 nitrogen and oxygen atoms in total. The zero-order valence-electron chi connectivity index (χ0n) is 14.2. The molecular formula is C19H20N3O4+. The van der Waals surface area contributed by atoms with Gasteiger partial charge in [-0.1, -0.05) is 24.3 Å². The number of quaternary nitrogens is 1. The lowest BCUT2D eigenvalue weighted by molar-refractivity contribution is -0.695. The van der Waals surface area contributed by atoms with E-state index in [1.165, 1.54) is 11.1 Å². The van der Waals surface area contributed by atoms with Gasteiger partial charge in [0.25, 0.3) is 5.91 Å². The highest BCUT2D eigenvalue weighted by Crippen LogP contribution is 2.34. The standard InChI is InChI=1S/C19H19N3O4/c23-18(22-14-5-6-16-17(8-14)26-11-25-16)10-21-19(24)15-7-12-3-1-2-4-13(12)9-20-15/h1-6,8,15,20H,7,9-11H2,(H,21,24)(H,22,23)/p+1/t15-/m0/s1. The first-order valence-electron chi connectivity index (χ1n) is 8.56. The van der Waals surface area contributed by atoms with Crippen molar-refractivity contribution in [3.63, 3.8) is 0 Å². The molecule has 2 aromatic rings. The van der Waals surface area contributed by atoms with Crippen molar-refractivity contribution in [2.24, 2.45) is 0 Å². The summed E-state index contributed by atoms with van der Waals surface area (Å²) in [5.74, 6) is 0.848. The Morgan fingerprint density at radius 3 is 2.77 bits per heavy atom. The molecule has 2 aliphatic heterocycles. The van der Waals surface area contributed by atoms with Gasteiger partial charge in [0, 0.05) is 23.7 Å². The second-order valence-electron chi connectivity index (χ2n) is 6.35. The molecule has 0 saturated carbocycles. The summed E-state index contributed by atoms with van der Waals surface area (Å²) in [6, 6.07) is 13.1. The lowest BCUT2D eigenvalue weighted by Crippen LogP contribution is -2.93. The van der Waals surface area contributed by atoms with Crippen LogP contribution >= 0.6 is 0 Å². The van der Waals surface area contributed by atoms with Gasteiger partial charge >= 0.3 is 0 Å². The van der Waals surface area contributed by atoms with E-state index in [0.717, 1.165) is 6.54 Å². The Balaban J connectivity index is 1.28. The fourth-order valence-corrected chi connectivity index (χ4v) is 3.22. The molecule has 26 heavy (non-hydrogen) atoms. The average Bonchev–Trinajstić information content (AvgIpc) is 3.13. The molecule has 4 N–H and O–H groups in total. The molecular weight excluding hydrogens is 334 g/mol. The van der Waals surface area contributed by atoms with Crippen LogP contribution < -0.4 is 25.4 Å². The Bertz CT molecular complexity index is 852. The summed E-state index contributed by atoms with van der Waals surface area (Å²) in [5, 5.41) is 7.47. The van der Waals surface area contributed by atoms with Crippen LogP contribution in [-0.2, 0) is 22.6 Å². The van der Waals surface area contributed by atoms with Gasteiger partial charge in [0.05, 0.1) is 6.54 Å². The Kier molecular flexibility index (Phi) is 4.45. The number of fused-ring (bicyclic) bond motifs is 2. The number of hydrogen-bond acceptors (Lipinski definition) is 4. The summed E-state index contributed by atoms with van der Waals surface area (Å²) in [4.78, 5) is 24.4. The monoisotopic (exact) mass is 354 g/mol. The zero-order valence-corrected chi connectivity index (χ0v) is 14.2. The molecule has 0 spiro atoms. The van der Waals surface area contributed by atoms with Crippen LogP contribution in [0.4, 0.5) is 5.69 Å². The molecule has 0 bridgehead atoms. The van der Waals surface area contributed by atoms with E-state index in [9.17, 15) is 9.59 Å². The molecule has 1 atom stereocenters. The van der Waals surface area contributed by atoms with Gasteiger partial charge in [0.1, 0.15) is 6.54 Å². The fourth-order valence-electron chi connectivity index (χ4n) is 3.22. The predicted molar refractivity (Wildman–Crippen MR) is 93.8 cm³/mol. The summed E-state index contributed by atoms with van der Waals surface area (Å²) in [5.41, 5.74) is 3.06. The largest absolute Gasteiger partial charge is 0.454 e. The second-order valence-corrected chi connectivity index (χ2v) is 6.35. The molecule has 4 rings (SSSR count). The first-order valence-corrected chi connectivity index (χ1v) is 8.56. The lowest BCUT2D eigenvalue weighted by Gasteiger charge is -2.22. The van der Waals surface area contributed by atoms with Gasteiger partial charge in [-0.2, -0.15) is 0 Å². The lowest BCUT2D eigenvalue weighted by atomic mass is 9.95. The van der Waals surface area contributed by atoms with Crippen molar-refractivity contribution in [1.82, 2.24) is 5.32 Å². The molecule has 7 heteroatoms. The Labute approximate surface area is 150 Å². The number of nitrogens with one attached hydrogen (secondary N) is 2. The maximum atomic E-state index is 12.4. The highest BCUT2D eigenvalue weighted by molar-refractivity contribution is 5.95. The molecule has 0 unspecified atom stereocenters. The number of ether oxygens (including phenoxy) is 2. The van der Waals surface area contributed by atoms with Crippen LogP contribution in [0.5, 0.6) is 11.5 Å². The smallest absolute Gasteiger partial charge is 0.279 e. The topological polar surface area (TPSA) is 93.3 Å². The van der Waals surface area contributed by atoms with Crippen molar-refractivity contribution in [3.8, 4) is 11.5 Å². The van der Waals surface area contributed by atoms with Crippen molar-refractivity contribution < 1.29 is 24.4 Å². The van der Waals surface area contributed by atoms with Gasteiger partial charge in [0.15, 0.2) is 17.5 Å². The van der Waals surface area contributed by atoms with E-state index in [1.54, 1.807) is 18.2 Å². The number of nitrogens with two attached hydrogens (primary N) is 1. The van der Waals surface area contributed by atoms with Gasteiger partial charge in [-0.05, 0) is 17.7 Å². The summed E-state index contributed by atoms with van der Waals surface area (Å²) in [6.45, 7) is 0.890. The van der Waals surface area contributed by atoms with E-state index in [-0.39, 0.29) is 31.2 Å². The Morgan fingerprint density at radius 1 is 1.08 bits per heavy atom. The van der Waals surface area contributed by atoms with E-state index in [0.29, 0.717) is 23.6 Å². The molecule has 0 radical (unpaired) electrons. The highest BCUT2D eigenvalue weighted by Gasteiger charge is 2.27. The minimum absolute atomic E-state index is 0.0702. The van der Waals surface area contributed by atoms with Crippen molar-refractivity contribution in [2.75, 3.05) is 18.7 Å². The Hall–Kier alpha value is -3.06. The molecule has 2 heterocycles. The van der Waals surface area contributed by atoms with Crippen molar-refractivity contribution in [3.05, 3.63) is 53.6 Å². The highest BCUT2D eigenvalue weighted by atomic mass is 16.7. The first kappa shape index (κ1) is 16.4. The summed E-state index contributed by atoms with van der Waals surface area (Å²) < 4.78 is 10.5. The average molecular weight is 354 g/mol. The van der Waals surface area contributed by atoms with Crippen LogP contribution in [-0.4, -0.2) is 31.2 Å². The van der Waals surface area contributed by atoms with Crippen LogP contribution in [0.25, 0.3) is 0 Å². The third-order valence-corrected chi connectivity index (χ3v) is 4.60. The first-order chi connectivity index (χ1) is 12.7. The molecule has 134 valence electrons. The molecule has 0 aliphatic carbocycles. The molecule has 0 saturated heterocycles. The third kappa shape index (κ3) is 3.48. The number of benzene rings is 2. The summed E-state index contributed by atoms with van der Waals surface area (Å²) >= 11 is 0. The molecule has 0 fully saturated rings. The minimum atomic E-state index is -0.284. The Morgan fingerprint density at radius 2 is 1.88 bits per heavy atom. The van der Waals surface area contributed by atoms with Crippen molar-refractivity contribution in [1.29, 1.82) is 0 Å². The van der Waals surface area contributed by atoms with Gasteiger partial charge in [-0.25, -0.2) is 0 Å². The van der Waals surface area contributed by atoms with Crippen molar-refractivity contribution in [2.45, 2.75) is 19.0 Å². The summed E-state index contributed by atoms with van der Waals surface area (Å²) in [6.07, 6.45) is 0.672. The van der Waals surface area contributed by atoms with E-state index < -0.39 is 0 Å². The number of rotatable bonds is 4. The summed E-state index contributed by atoms with van der Waals surface area (Å²) in [7, 11) is 0. The quantitative estimate of drug-likeness (QED) is 0.729. The van der Waals surface area contributed by atoms with Gasteiger partial charge in [-0.15, -0.1) is 0 Å². The second kappa shape index (κ2) is 7.05. The predicted octanol–water partition coefficient (Wildman–Crippen LogP) is 0.158. The van der Waals surface area contributed by atoms with E-state index in [2.05, 4.69) is 22.8 Å². The number of amides is 2. The van der Waals surface area contributed by atoms with Crippen LogP contribution in [0, 0.1) is 0 Å². The fraction of sp³-hybridized carbons (Fsp3) is 0.263. The van der Waals surface area contributed by atoms with E-state index in [4.69, 9.17) is 9.47 Å². The third-order valence-electron chi connectivity index (χ3n) is 4.60. The SMILES string of the molecule is O=C(CNC(=O)[C@@H]1Cc2ccccc2C[NH2+]1)Nc1ccc2c(c1)OCO2. The minimum Gasteiger partial charge on any atom is -0.454 e. The van der Waals surface area contributed by atoms with E-state index in [1.807, 2.05) is 17.4 Å². The van der Waals surface area contributed by atoms with Crippen LogP contribution in [0.15, 0.2) is 42.5 Å². The van der Waals surface area contributed by atoms with Gasteiger partial charge in [0.2, 0.25) is 12.7 Å². The number of anilines is 1. The van der Waals surface area contributed by atoms with Gasteiger partial charge < -0.3 is 25.4 Å². The molecule has 0 aromatic heterocycles. The van der Waals surface area contributed by atoms with Crippen molar-refractivity contribution >= 4 is 17.5 Å². The maximum Gasteiger partial charge on any atom is 0.279 e. The normalized spacial score (nSPS) is 17.3. The van der Waals surface area contributed by atoms with Gasteiger partial charge in [-0.3, -0.25) is 9.59 Å². The van der Waals surface area contributed by atoms with Crippen LogP contribution in [0.1, 0.15) is 11.1 Å². The number of carbonyl (C=O) groups excluding carboxylic acids is 2. The molecule has 2 aliphatic rings. The molecule has 2 aromatic carbocycles. The maximum absolute atomic E-state index is 12.4.